The van der Waals surface area contributed by atoms with Gasteiger partial charge in [-0.2, -0.15) is 4.31 Å². The topological polar surface area (TPSA) is 143 Å². The molecule has 0 radical (unpaired) electrons. The van der Waals surface area contributed by atoms with Gasteiger partial charge in [0.1, 0.15) is 12.3 Å². The summed E-state index contributed by atoms with van der Waals surface area (Å²) in [6.07, 6.45) is 0.899. The molecule has 10 nitrogen and oxygen atoms in total. The Bertz CT molecular complexity index is 724. The Labute approximate surface area is 138 Å². The van der Waals surface area contributed by atoms with Gasteiger partial charge in [0.15, 0.2) is 0 Å². The number of esters is 1. The van der Waals surface area contributed by atoms with Crippen LogP contribution in [-0.4, -0.2) is 61.9 Å². The normalized spacial score (nSPS) is 12.7. The first-order chi connectivity index (χ1) is 11.1. The van der Waals surface area contributed by atoms with E-state index >= 15 is 0 Å². The van der Waals surface area contributed by atoms with E-state index in [9.17, 15) is 22.8 Å². The number of sulfonamides is 1. The van der Waals surface area contributed by atoms with Crippen molar-refractivity contribution in [3.8, 4) is 0 Å². The van der Waals surface area contributed by atoms with Crippen LogP contribution in [0.1, 0.15) is 24.2 Å². The van der Waals surface area contributed by atoms with Crippen LogP contribution in [0.5, 0.6) is 0 Å². The summed E-state index contributed by atoms with van der Waals surface area (Å²) < 4.78 is 35.2. The number of hydrogen-bond donors (Lipinski definition) is 2. The third kappa shape index (κ3) is 4.55. The van der Waals surface area contributed by atoms with Crippen molar-refractivity contribution in [3.05, 3.63) is 17.9 Å². The molecule has 134 valence electrons. The molecule has 0 aliphatic carbocycles. The quantitative estimate of drug-likeness (QED) is 0.598. The van der Waals surface area contributed by atoms with E-state index in [4.69, 9.17) is 9.52 Å². The Hall–Kier alpha value is -2.40. The van der Waals surface area contributed by atoms with Gasteiger partial charge in [-0.05, 0) is 6.92 Å². The van der Waals surface area contributed by atoms with E-state index in [1.807, 2.05) is 0 Å². The molecule has 1 amide bonds. The third-order valence-electron chi connectivity index (χ3n) is 3.05. The lowest BCUT2D eigenvalue weighted by Crippen LogP contribution is -2.46. The molecule has 24 heavy (non-hydrogen) atoms. The van der Waals surface area contributed by atoms with Gasteiger partial charge < -0.3 is 19.6 Å². The van der Waals surface area contributed by atoms with Crippen molar-refractivity contribution in [1.29, 1.82) is 0 Å². The lowest BCUT2D eigenvalue weighted by molar-refractivity contribution is -0.140. The molecule has 0 aromatic carbocycles. The lowest BCUT2D eigenvalue weighted by atomic mass is 10.3. The summed E-state index contributed by atoms with van der Waals surface area (Å²) in [5.74, 6) is -2.56. The predicted octanol–water partition coefficient (Wildman–Crippen LogP) is -0.334. The van der Waals surface area contributed by atoms with Crippen LogP contribution < -0.4 is 5.32 Å². The molecule has 0 aliphatic rings. The second-order valence-corrected chi connectivity index (χ2v) is 6.58. The summed E-state index contributed by atoms with van der Waals surface area (Å²) in [5, 5.41) is 10.9. The summed E-state index contributed by atoms with van der Waals surface area (Å²) in [6, 6.07) is -0.461. The van der Waals surface area contributed by atoms with Gasteiger partial charge in [-0.15, -0.1) is 0 Å². The van der Waals surface area contributed by atoms with Crippen LogP contribution in [0, 0.1) is 0 Å². The number of ether oxygens (including phenoxy) is 1. The van der Waals surface area contributed by atoms with Crippen LogP contribution in [0.4, 0.5) is 0 Å². The van der Waals surface area contributed by atoms with Crippen molar-refractivity contribution < 1.29 is 37.1 Å². The van der Waals surface area contributed by atoms with Crippen molar-refractivity contribution in [2.75, 3.05) is 20.2 Å². The first-order valence-electron chi connectivity index (χ1n) is 6.77. The number of nitrogens with zero attached hydrogens (tertiary/aromatic N) is 1. The van der Waals surface area contributed by atoms with E-state index in [0.29, 0.717) is 4.31 Å². The van der Waals surface area contributed by atoms with Crippen molar-refractivity contribution in [2.24, 2.45) is 0 Å². The monoisotopic (exact) mass is 362 g/mol. The van der Waals surface area contributed by atoms with Gasteiger partial charge in [0, 0.05) is 26.1 Å². The molecule has 1 rings (SSSR count). The van der Waals surface area contributed by atoms with Gasteiger partial charge in [-0.1, -0.05) is 0 Å². The number of carboxylic acid groups (broad SMARTS) is 1. The SMILES string of the molecule is COC(=O)c1coc(S(=O)(=O)N(CCNC(C)=O)C(C)C(=O)O)c1. The fourth-order valence-corrected chi connectivity index (χ4v) is 3.29. The molecular weight excluding hydrogens is 344 g/mol. The number of methoxy groups -OCH3 is 1. The highest BCUT2D eigenvalue weighted by atomic mass is 32.2. The molecule has 0 aliphatic heterocycles. The predicted molar refractivity (Wildman–Crippen MR) is 79.7 cm³/mol. The summed E-state index contributed by atoms with van der Waals surface area (Å²) in [4.78, 5) is 33.5. The van der Waals surface area contributed by atoms with E-state index in [1.165, 1.54) is 13.8 Å². The molecule has 1 atom stereocenters. The van der Waals surface area contributed by atoms with E-state index < -0.39 is 33.1 Å². The highest BCUT2D eigenvalue weighted by Crippen LogP contribution is 2.21. The zero-order chi connectivity index (χ0) is 18.5. The second-order valence-electron chi connectivity index (χ2n) is 4.76. The number of aliphatic carboxylic acids is 1. The van der Waals surface area contributed by atoms with Crippen molar-refractivity contribution >= 4 is 27.9 Å². The van der Waals surface area contributed by atoms with Crippen molar-refractivity contribution in [2.45, 2.75) is 25.0 Å². The second kappa shape index (κ2) is 7.93. The van der Waals surface area contributed by atoms with E-state index in [-0.39, 0.29) is 24.6 Å². The molecular formula is C13H18N2O8S. The number of carboxylic acids is 1. The van der Waals surface area contributed by atoms with E-state index in [1.54, 1.807) is 0 Å². The standard InChI is InChI=1S/C13H18N2O8S/c1-8(12(17)18)15(5-4-14-9(2)16)24(20,21)11-6-10(7-23-11)13(19)22-3/h6-8H,4-5H2,1-3H3,(H,14,16)(H,17,18). The first-order valence-corrected chi connectivity index (χ1v) is 8.21. The van der Waals surface area contributed by atoms with Gasteiger partial charge in [0.25, 0.3) is 10.0 Å². The Morgan fingerprint density at radius 2 is 2.04 bits per heavy atom. The van der Waals surface area contributed by atoms with Crippen LogP contribution in [0.15, 0.2) is 21.8 Å². The van der Waals surface area contributed by atoms with Crippen LogP contribution in [-0.2, 0) is 24.3 Å². The number of furan rings is 1. The fourth-order valence-electron chi connectivity index (χ4n) is 1.78. The zero-order valence-corrected chi connectivity index (χ0v) is 14.1. The molecule has 1 unspecified atom stereocenters. The minimum atomic E-state index is -4.34. The maximum absolute atomic E-state index is 12.6. The van der Waals surface area contributed by atoms with Gasteiger partial charge in [-0.25, -0.2) is 13.2 Å². The molecule has 0 spiro atoms. The number of rotatable bonds is 8. The molecule has 1 heterocycles. The minimum absolute atomic E-state index is 0.0866. The van der Waals surface area contributed by atoms with Gasteiger partial charge >= 0.3 is 11.9 Å². The molecule has 2 N–H and O–H groups in total. The molecule has 1 aromatic heterocycles. The average Bonchev–Trinajstić information content (AvgIpc) is 3.00. The van der Waals surface area contributed by atoms with Crippen LogP contribution in [0.3, 0.4) is 0 Å². The molecule has 0 saturated heterocycles. The zero-order valence-electron chi connectivity index (χ0n) is 13.3. The Balaban J connectivity index is 3.13. The van der Waals surface area contributed by atoms with Gasteiger partial charge in [0.05, 0.1) is 12.7 Å². The van der Waals surface area contributed by atoms with Crippen molar-refractivity contribution in [1.82, 2.24) is 9.62 Å². The number of carbonyl (C=O) groups is 3. The van der Waals surface area contributed by atoms with Gasteiger partial charge in [-0.3, -0.25) is 9.59 Å². The molecule has 1 aromatic rings. The Morgan fingerprint density at radius 3 is 2.54 bits per heavy atom. The first kappa shape index (κ1) is 19.6. The Kier molecular flexibility index (Phi) is 6.49. The number of carbonyl (C=O) groups excluding carboxylic acids is 2. The molecule has 0 bridgehead atoms. The highest BCUT2D eigenvalue weighted by Gasteiger charge is 2.35. The van der Waals surface area contributed by atoms with E-state index in [0.717, 1.165) is 19.4 Å². The third-order valence-corrected chi connectivity index (χ3v) is 4.89. The number of hydrogen-bond acceptors (Lipinski definition) is 7. The summed E-state index contributed by atoms with van der Waals surface area (Å²) in [7, 11) is -3.22. The maximum Gasteiger partial charge on any atom is 0.341 e. The molecule has 0 saturated carbocycles. The van der Waals surface area contributed by atoms with Crippen LogP contribution >= 0.6 is 0 Å². The average molecular weight is 362 g/mol. The summed E-state index contributed by atoms with van der Waals surface area (Å²) in [6.45, 7) is 2.05. The van der Waals surface area contributed by atoms with Gasteiger partial charge in [0.2, 0.25) is 11.0 Å². The highest BCUT2D eigenvalue weighted by molar-refractivity contribution is 7.89. The number of amides is 1. The molecule has 11 heteroatoms. The largest absolute Gasteiger partial charge is 0.480 e. The number of nitrogens with one attached hydrogen (secondary N) is 1. The van der Waals surface area contributed by atoms with Crippen molar-refractivity contribution in [3.63, 3.8) is 0 Å². The minimum Gasteiger partial charge on any atom is -0.480 e. The fraction of sp³-hybridized carbons (Fsp3) is 0.462. The smallest absolute Gasteiger partial charge is 0.341 e. The Morgan fingerprint density at radius 1 is 1.42 bits per heavy atom. The maximum atomic E-state index is 12.6. The molecule has 0 fully saturated rings. The van der Waals surface area contributed by atoms with Crippen LogP contribution in [0.25, 0.3) is 0 Å². The summed E-state index contributed by atoms with van der Waals surface area (Å²) in [5.41, 5.74) is -0.124. The van der Waals surface area contributed by atoms with Crippen LogP contribution in [0.2, 0.25) is 0 Å². The van der Waals surface area contributed by atoms with E-state index in [2.05, 4.69) is 10.1 Å². The summed E-state index contributed by atoms with van der Waals surface area (Å²) >= 11 is 0. The lowest BCUT2D eigenvalue weighted by Gasteiger charge is -2.24.